The first kappa shape index (κ1) is 30.9. The Balaban J connectivity index is 1.86. The number of methoxy groups -OCH3 is 2. The fraction of sp³-hybridized carbons (Fsp3) is 0.406. The average molecular weight is 595 g/mol. The number of aromatic nitrogens is 1. The summed E-state index contributed by atoms with van der Waals surface area (Å²) in [6.07, 6.45) is 2.61. The Morgan fingerprint density at radius 3 is 2.45 bits per heavy atom. The van der Waals surface area contributed by atoms with Crippen molar-refractivity contribution in [3.63, 3.8) is 0 Å². The number of nitrogens with zero attached hydrogens (tertiary/aromatic N) is 2. The molecular formula is C32H38N2O7S. The highest BCUT2D eigenvalue weighted by atomic mass is 32.1. The number of benzene rings is 2. The number of phenolic OH excluding ortho intramolecular Hbond substituents is 1. The van der Waals surface area contributed by atoms with Crippen molar-refractivity contribution >= 4 is 23.4 Å². The summed E-state index contributed by atoms with van der Waals surface area (Å²) in [5.74, 6) is 1.48. The van der Waals surface area contributed by atoms with Crippen LogP contribution in [0.1, 0.15) is 58.2 Å². The smallest absolute Gasteiger partial charge is 0.338 e. The molecular weight excluding hydrogens is 556 g/mol. The predicted molar refractivity (Wildman–Crippen MR) is 162 cm³/mol. The van der Waals surface area contributed by atoms with E-state index < -0.39 is 12.0 Å². The van der Waals surface area contributed by atoms with E-state index in [4.69, 9.17) is 18.9 Å². The van der Waals surface area contributed by atoms with Gasteiger partial charge in [0.25, 0.3) is 5.56 Å². The van der Waals surface area contributed by atoms with Gasteiger partial charge in [0.05, 0.1) is 49.3 Å². The molecule has 0 radical (unpaired) electrons. The van der Waals surface area contributed by atoms with Gasteiger partial charge in [-0.3, -0.25) is 9.36 Å². The second-order valence-corrected chi connectivity index (χ2v) is 12.0. The molecule has 0 amide bonds. The SMILES string of the molecule is COc1cc(C=c2sc3n(c2=O)C(c2ccc(OCCC(C)C)c(OC)c2)C(C(=O)OCC(C)C)=C(C)N=3)ccc1O. The largest absolute Gasteiger partial charge is 0.504 e. The molecule has 2 aromatic carbocycles. The van der Waals surface area contributed by atoms with Gasteiger partial charge in [-0.05, 0) is 66.6 Å². The zero-order valence-corrected chi connectivity index (χ0v) is 25.9. The summed E-state index contributed by atoms with van der Waals surface area (Å²) in [4.78, 5) is 32.6. The fourth-order valence-corrected chi connectivity index (χ4v) is 5.58. The molecule has 1 N–H and O–H groups in total. The first-order chi connectivity index (χ1) is 20.0. The number of hydrogen-bond acceptors (Lipinski definition) is 9. The number of carbonyl (C=O) groups is 1. The molecule has 9 nitrogen and oxygen atoms in total. The highest BCUT2D eigenvalue weighted by Crippen LogP contribution is 2.36. The predicted octanol–water partition coefficient (Wildman–Crippen LogP) is 4.58. The van der Waals surface area contributed by atoms with E-state index in [0.29, 0.717) is 55.9 Å². The van der Waals surface area contributed by atoms with Crippen LogP contribution in [0.2, 0.25) is 0 Å². The van der Waals surface area contributed by atoms with Crippen molar-refractivity contribution in [2.24, 2.45) is 16.8 Å². The minimum absolute atomic E-state index is 0.00173. The maximum absolute atomic E-state index is 14.0. The highest BCUT2D eigenvalue weighted by molar-refractivity contribution is 7.07. The summed E-state index contributed by atoms with van der Waals surface area (Å²) in [6, 6.07) is 9.49. The van der Waals surface area contributed by atoms with Crippen molar-refractivity contribution in [2.75, 3.05) is 27.4 Å². The number of phenols is 1. The number of carbonyl (C=O) groups excluding carboxylic acids is 1. The van der Waals surface area contributed by atoms with E-state index in [1.807, 2.05) is 19.9 Å². The Hall–Kier alpha value is -4.05. The molecule has 0 fully saturated rings. The molecule has 1 aromatic heterocycles. The molecule has 0 saturated heterocycles. The molecule has 1 aliphatic heterocycles. The van der Waals surface area contributed by atoms with E-state index in [-0.39, 0.29) is 29.4 Å². The van der Waals surface area contributed by atoms with Crippen LogP contribution >= 0.6 is 11.3 Å². The molecule has 3 aromatic rings. The van der Waals surface area contributed by atoms with Gasteiger partial charge in [0.1, 0.15) is 0 Å². The van der Waals surface area contributed by atoms with Gasteiger partial charge in [-0.25, -0.2) is 9.79 Å². The number of ether oxygens (including phenoxy) is 4. The monoisotopic (exact) mass is 594 g/mol. The van der Waals surface area contributed by atoms with Crippen molar-refractivity contribution < 1.29 is 28.8 Å². The van der Waals surface area contributed by atoms with Crippen LogP contribution in [0.25, 0.3) is 6.08 Å². The van der Waals surface area contributed by atoms with E-state index in [9.17, 15) is 14.7 Å². The summed E-state index contributed by atoms with van der Waals surface area (Å²) in [7, 11) is 3.02. The van der Waals surface area contributed by atoms with E-state index in [1.54, 1.807) is 44.4 Å². The lowest BCUT2D eigenvalue weighted by molar-refractivity contribution is -0.140. The Kier molecular flexibility index (Phi) is 9.78. The Bertz CT molecular complexity index is 1670. The molecule has 1 unspecified atom stereocenters. The number of fused-ring (bicyclic) bond motifs is 1. The first-order valence-electron chi connectivity index (χ1n) is 13.9. The third-order valence-corrected chi connectivity index (χ3v) is 7.73. The van der Waals surface area contributed by atoms with E-state index in [0.717, 1.165) is 6.42 Å². The van der Waals surface area contributed by atoms with Gasteiger partial charge in [-0.2, -0.15) is 0 Å². The van der Waals surface area contributed by atoms with Gasteiger partial charge in [0.2, 0.25) is 0 Å². The van der Waals surface area contributed by atoms with Gasteiger partial charge in [-0.1, -0.05) is 51.2 Å². The molecule has 0 bridgehead atoms. The quantitative estimate of drug-likeness (QED) is 0.324. The van der Waals surface area contributed by atoms with Crippen LogP contribution < -0.4 is 29.1 Å². The molecule has 1 atom stereocenters. The summed E-state index contributed by atoms with van der Waals surface area (Å²) in [5.41, 5.74) is 1.78. The fourth-order valence-electron chi connectivity index (χ4n) is 4.53. The second kappa shape index (κ2) is 13.3. The van der Waals surface area contributed by atoms with Crippen LogP contribution in [0, 0.1) is 11.8 Å². The highest BCUT2D eigenvalue weighted by Gasteiger charge is 2.34. The zero-order valence-electron chi connectivity index (χ0n) is 25.1. The van der Waals surface area contributed by atoms with Crippen LogP contribution in [0.15, 0.2) is 57.5 Å². The number of allylic oxidation sites excluding steroid dienone is 1. The molecule has 42 heavy (non-hydrogen) atoms. The Morgan fingerprint density at radius 1 is 1.05 bits per heavy atom. The normalized spacial score (nSPS) is 15.1. The Labute approximate surface area is 249 Å². The second-order valence-electron chi connectivity index (χ2n) is 10.9. The standard InChI is InChI=1S/C32H38N2O7S/c1-18(2)12-13-40-24-11-9-22(16-26(24)39-7)29-28(31(37)41-17-19(3)4)20(5)33-32-34(29)30(36)27(42-32)15-21-8-10-23(35)25(14-21)38-6/h8-11,14-16,18-19,29,35H,12-13,17H2,1-7H3. The Morgan fingerprint density at radius 2 is 1.79 bits per heavy atom. The maximum Gasteiger partial charge on any atom is 0.338 e. The van der Waals surface area contributed by atoms with Crippen LogP contribution in [0.3, 0.4) is 0 Å². The number of esters is 1. The van der Waals surface area contributed by atoms with E-state index in [2.05, 4.69) is 18.8 Å². The molecule has 0 aliphatic carbocycles. The molecule has 10 heteroatoms. The molecule has 0 spiro atoms. The minimum atomic E-state index is -0.795. The van der Waals surface area contributed by atoms with Gasteiger partial charge in [0.15, 0.2) is 27.8 Å². The van der Waals surface area contributed by atoms with E-state index in [1.165, 1.54) is 29.1 Å². The van der Waals surface area contributed by atoms with Gasteiger partial charge < -0.3 is 24.1 Å². The summed E-state index contributed by atoms with van der Waals surface area (Å²) in [6.45, 7) is 10.7. The average Bonchev–Trinajstić information content (AvgIpc) is 3.25. The van der Waals surface area contributed by atoms with Crippen molar-refractivity contribution in [3.05, 3.63) is 78.5 Å². The van der Waals surface area contributed by atoms with Crippen molar-refractivity contribution in [2.45, 2.75) is 47.1 Å². The lowest BCUT2D eigenvalue weighted by Crippen LogP contribution is -2.40. The molecule has 224 valence electrons. The molecule has 1 aliphatic rings. The van der Waals surface area contributed by atoms with Gasteiger partial charge in [0, 0.05) is 0 Å². The van der Waals surface area contributed by atoms with Gasteiger partial charge >= 0.3 is 5.97 Å². The lowest BCUT2D eigenvalue weighted by Gasteiger charge is -2.25. The van der Waals surface area contributed by atoms with Crippen LogP contribution in [-0.4, -0.2) is 43.1 Å². The lowest BCUT2D eigenvalue weighted by atomic mass is 9.95. The van der Waals surface area contributed by atoms with Crippen molar-refractivity contribution in [1.82, 2.24) is 4.57 Å². The number of aromatic hydroxyl groups is 1. The minimum Gasteiger partial charge on any atom is -0.504 e. The maximum atomic E-state index is 14.0. The molecule has 4 rings (SSSR count). The van der Waals surface area contributed by atoms with Crippen LogP contribution in [-0.2, 0) is 9.53 Å². The zero-order chi connectivity index (χ0) is 30.6. The number of hydrogen-bond donors (Lipinski definition) is 1. The summed E-state index contributed by atoms with van der Waals surface area (Å²) >= 11 is 1.22. The summed E-state index contributed by atoms with van der Waals surface area (Å²) < 4.78 is 24.5. The van der Waals surface area contributed by atoms with Crippen LogP contribution in [0.4, 0.5) is 0 Å². The molecule has 0 saturated carbocycles. The van der Waals surface area contributed by atoms with Crippen molar-refractivity contribution in [3.8, 4) is 23.0 Å². The van der Waals surface area contributed by atoms with Gasteiger partial charge in [-0.15, -0.1) is 0 Å². The number of rotatable bonds is 11. The third-order valence-electron chi connectivity index (χ3n) is 6.75. The first-order valence-corrected chi connectivity index (χ1v) is 14.7. The third kappa shape index (κ3) is 6.70. The molecule has 2 heterocycles. The topological polar surface area (TPSA) is 109 Å². The summed E-state index contributed by atoms with van der Waals surface area (Å²) in [5, 5.41) is 9.99. The van der Waals surface area contributed by atoms with Crippen LogP contribution in [0.5, 0.6) is 23.0 Å². The number of thiazole rings is 1. The van der Waals surface area contributed by atoms with E-state index >= 15 is 0 Å². The van der Waals surface area contributed by atoms with Crippen molar-refractivity contribution in [1.29, 1.82) is 0 Å².